The summed E-state index contributed by atoms with van der Waals surface area (Å²) in [5, 5.41) is 3.25. The van der Waals surface area contributed by atoms with E-state index in [-0.39, 0.29) is 6.04 Å². The van der Waals surface area contributed by atoms with Crippen molar-refractivity contribution in [2.24, 2.45) is 0 Å². The van der Waals surface area contributed by atoms with Gasteiger partial charge in [0, 0.05) is 16.2 Å². The van der Waals surface area contributed by atoms with Gasteiger partial charge >= 0.3 is 6.18 Å². The first kappa shape index (κ1) is 15.9. The summed E-state index contributed by atoms with van der Waals surface area (Å²) in [4.78, 5) is 0. The van der Waals surface area contributed by atoms with Gasteiger partial charge in [-0.3, -0.25) is 0 Å². The van der Waals surface area contributed by atoms with Crippen LogP contribution in [-0.4, -0.2) is 0 Å². The Bertz CT molecular complexity index is 638. The normalized spacial score (nSPS) is 13.0. The highest BCUT2D eigenvalue weighted by molar-refractivity contribution is 9.10. The molecule has 0 saturated carbocycles. The van der Waals surface area contributed by atoms with Crippen LogP contribution in [0.2, 0.25) is 0 Å². The smallest absolute Gasteiger partial charge is 0.378 e. The van der Waals surface area contributed by atoms with Gasteiger partial charge in [-0.2, -0.15) is 13.2 Å². The van der Waals surface area contributed by atoms with Gasteiger partial charge in [0.15, 0.2) is 0 Å². The molecule has 21 heavy (non-hydrogen) atoms. The zero-order chi connectivity index (χ0) is 15.6. The molecule has 1 nitrogen and oxygen atoms in total. The number of benzene rings is 2. The molecule has 112 valence electrons. The molecule has 0 spiro atoms. The Morgan fingerprint density at radius 3 is 2.43 bits per heavy atom. The fraction of sp³-hybridized carbons (Fsp3) is 0.250. The van der Waals surface area contributed by atoms with Crippen LogP contribution in [0, 0.1) is 6.92 Å². The van der Waals surface area contributed by atoms with Crippen LogP contribution in [0.3, 0.4) is 0 Å². The number of anilines is 1. The van der Waals surface area contributed by atoms with Crippen LogP contribution in [0.1, 0.15) is 29.7 Å². The summed E-state index contributed by atoms with van der Waals surface area (Å²) in [5.41, 5.74) is 1.90. The molecule has 0 radical (unpaired) electrons. The largest absolute Gasteiger partial charge is 0.416 e. The first-order valence-corrected chi connectivity index (χ1v) is 7.27. The summed E-state index contributed by atoms with van der Waals surface area (Å²) in [6.07, 6.45) is -4.32. The number of hydrogen-bond acceptors (Lipinski definition) is 1. The predicted octanol–water partition coefficient (Wildman–Crippen LogP) is 5.95. The van der Waals surface area contributed by atoms with E-state index in [2.05, 4.69) is 21.2 Å². The van der Waals surface area contributed by atoms with Crippen molar-refractivity contribution in [2.45, 2.75) is 26.1 Å². The van der Waals surface area contributed by atoms with Crippen LogP contribution >= 0.6 is 15.9 Å². The second kappa shape index (κ2) is 6.10. The molecule has 0 fully saturated rings. The van der Waals surface area contributed by atoms with Crippen molar-refractivity contribution in [3.05, 3.63) is 63.6 Å². The van der Waals surface area contributed by atoms with Gasteiger partial charge in [0.1, 0.15) is 0 Å². The molecule has 2 rings (SSSR count). The lowest BCUT2D eigenvalue weighted by atomic mass is 10.0. The lowest BCUT2D eigenvalue weighted by molar-refractivity contribution is -0.137. The minimum atomic E-state index is -4.32. The lowest BCUT2D eigenvalue weighted by Crippen LogP contribution is -2.10. The molecule has 1 N–H and O–H groups in total. The van der Waals surface area contributed by atoms with Gasteiger partial charge in [-0.05, 0) is 49.2 Å². The monoisotopic (exact) mass is 357 g/mol. The van der Waals surface area contributed by atoms with Crippen LogP contribution in [0.5, 0.6) is 0 Å². The maximum Gasteiger partial charge on any atom is 0.416 e. The van der Waals surface area contributed by atoms with Gasteiger partial charge in [0.05, 0.1) is 5.56 Å². The first-order valence-electron chi connectivity index (χ1n) is 6.48. The van der Waals surface area contributed by atoms with Crippen LogP contribution in [0.15, 0.2) is 46.9 Å². The fourth-order valence-electron chi connectivity index (χ4n) is 2.06. The summed E-state index contributed by atoms with van der Waals surface area (Å²) in [5.74, 6) is 0. The zero-order valence-corrected chi connectivity index (χ0v) is 13.2. The molecule has 2 aromatic rings. The van der Waals surface area contributed by atoms with Gasteiger partial charge in [-0.25, -0.2) is 0 Å². The Morgan fingerprint density at radius 2 is 1.76 bits per heavy atom. The van der Waals surface area contributed by atoms with E-state index in [1.165, 1.54) is 12.1 Å². The standard InChI is InChI=1S/C16H15BrF3N/c1-10-14(17)7-4-8-15(10)21-11(2)12-5-3-6-13(9-12)16(18,19)20/h3-9,11,21H,1-2H3. The van der Waals surface area contributed by atoms with Crippen LogP contribution in [-0.2, 0) is 6.18 Å². The van der Waals surface area contributed by atoms with Crippen LogP contribution in [0.4, 0.5) is 18.9 Å². The molecule has 0 aliphatic rings. The maximum absolute atomic E-state index is 12.7. The molecule has 0 amide bonds. The number of nitrogens with one attached hydrogen (secondary N) is 1. The van der Waals surface area contributed by atoms with E-state index in [0.29, 0.717) is 5.56 Å². The molecule has 0 heterocycles. The van der Waals surface area contributed by atoms with Crippen molar-refractivity contribution in [2.75, 3.05) is 5.32 Å². The molecule has 1 unspecified atom stereocenters. The predicted molar refractivity (Wildman–Crippen MR) is 82.4 cm³/mol. The van der Waals surface area contributed by atoms with Crippen molar-refractivity contribution in [1.29, 1.82) is 0 Å². The first-order chi connectivity index (χ1) is 9.79. The van der Waals surface area contributed by atoms with Gasteiger partial charge in [-0.1, -0.05) is 34.1 Å². The SMILES string of the molecule is Cc1c(Br)cccc1NC(C)c1cccc(C(F)(F)F)c1. The lowest BCUT2D eigenvalue weighted by Gasteiger charge is -2.19. The highest BCUT2D eigenvalue weighted by Crippen LogP contribution is 2.32. The molecule has 0 bridgehead atoms. The van der Waals surface area contributed by atoms with Crippen molar-refractivity contribution in [1.82, 2.24) is 0 Å². The zero-order valence-electron chi connectivity index (χ0n) is 11.6. The molecule has 0 aliphatic carbocycles. The van der Waals surface area contributed by atoms with Gasteiger partial charge in [-0.15, -0.1) is 0 Å². The Hall–Kier alpha value is -1.49. The molecular weight excluding hydrogens is 343 g/mol. The third kappa shape index (κ3) is 3.79. The van der Waals surface area contributed by atoms with E-state index in [1.807, 2.05) is 32.0 Å². The summed E-state index contributed by atoms with van der Waals surface area (Å²) in [7, 11) is 0. The van der Waals surface area contributed by atoms with Crippen LogP contribution < -0.4 is 5.32 Å². The Morgan fingerprint density at radius 1 is 1.10 bits per heavy atom. The van der Waals surface area contributed by atoms with E-state index in [0.717, 1.165) is 21.8 Å². The number of hydrogen-bond donors (Lipinski definition) is 1. The van der Waals surface area contributed by atoms with E-state index in [4.69, 9.17) is 0 Å². The molecule has 0 saturated heterocycles. The average Bonchev–Trinajstić information content (AvgIpc) is 2.43. The fourth-order valence-corrected chi connectivity index (χ4v) is 2.43. The molecule has 5 heteroatoms. The molecule has 0 aromatic heterocycles. The Balaban J connectivity index is 2.25. The van der Waals surface area contributed by atoms with Crippen molar-refractivity contribution >= 4 is 21.6 Å². The van der Waals surface area contributed by atoms with Gasteiger partial charge in [0.25, 0.3) is 0 Å². The van der Waals surface area contributed by atoms with Gasteiger partial charge in [0.2, 0.25) is 0 Å². The van der Waals surface area contributed by atoms with Crippen molar-refractivity contribution in [3.63, 3.8) is 0 Å². The van der Waals surface area contributed by atoms with Crippen molar-refractivity contribution in [3.8, 4) is 0 Å². The second-order valence-corrected chi connectivity index (χ2v) is 5.76. The molecule has 0 aliphatic heterocycles. The summed E-state index contributed by atoms with van der Waals surface area (Å²) >= 11 is 3.44. The molecular formula is C16H15BrF3N. The Labute approximate surface area is 130 Å². The minimum Gasteiger partial charge on any atom is -0.378 e. The molecule has 2 aromatic carbocycles. The van der Waals surface area contributed by atoms with E-state index >= 15 is 0 Å². The summed E-state index contributed by atoms with van der Waals surface area (Å²) in [6.45, 7) is 3.79. The summed E-state index contributed by atoms with van der Waals surface area (Å²) < 4.78 is 39.2. The van der Waals surface area contributed by atoms with Crippen molar-refractivity contribution < 1.29 is 13.2 Å². The number of alkyl halides is 3. The number of rotatable bonds is 3. The topological polar surface area (TPSA) is 12.0 Å². The quantitative estimate of drug-likeness (QED) is 0.715. The summed E-state index contributed by atoms with van der Waals surface area (Å²) in [6, 6.07) is 10.9. The third-order valence-corrected chi connectivity index (χ3v) is 4.21. The average molecular weight is 358 g/mol. The minimum absolute atomic E-state index is 0.222. The molecule has 1 atom stereocenters. The Kier molecular flexibility index (Phi) is 4.61. The second-order valence-electron chi connectivity index (χ2n) is 4.90. The van der Waals surface area contributed by atoms with E-state index < -0.39 is 11.7 Å². The maximum atomic E-state index is 12.7. The van der Waals surface area contributed by atoms with E-state index in [1.54, 1.807) is 6.07 Å². The highest BCUT2D eigenvalue weighted by atomic mass is 79.9. The number of halogens is 4. The third-order valence-electron chi connectivity index (χ3n) is 3.35. The van der Waals surface area contributed by atoms with Gasteiger partial charge < -0.3 is 5.32 Å². The highest BCUT2D eigenvalue weighted by Gasteiger charge is 2.30. The van der Waals surface area contributed by atoms with E-state index in [9.17, 15) is 13.2 Å². The van der Waals surface area contributed by atoms with Crippen LogP contribution in [0.25, 0.3) is 0 Å².